The van der Waals surface area contributed by atoms with Gasteiger partial charge >= 0.3 is 11.9 Å². The van der Waals surface area contributed by atoms with Crippen molar-refractivity contribution in [2.75, 3.05) is 5.32 Å². The SMILES string of the molecule is CCn1cc(-c2cc(C(F)(F)F)nc3sc(C(N)=O)c(NC(=O)c4nn(C56CC7CC(CC(C7)C5)C6)cc4[N+](=O)[O-])c23)c(C)n1. The highest BCUT2D eigenvalue weighted by Gasteiger charge is 2.53. The predicted molar refractivity (Wildman–Crippen MR) is 158 cm³/mol. The number of halogens is 3. The predicted octanol–water partition coefficient (Wildman–Crippen LogP) is 5.89. The Morgan fingerprint density at radius 1 is 1.13 bits per heavy atom. The third-order valence-corrected chi connectivity index (χ3v) is 10.7. The number of nitrogens with two attached hydrogens (primary N) is 1. The molecule has 0 radical (unpaired) electrons. The van der Waals surface area contributed by atoms with Crippen molar-refractivity contribution in [2.24, 2.45) is 23.5 Å². The molecular formula is C29H29F3N8O4S. The molecule has 4 bridgehead atoms. The highest BCUT2D eigenvalue weighted by atomic mass is 32.1. The van der Waals surface area contributed by atoms with E-state index in [4.69, 9.17) is 5.73 Å². The lowest BCUT2D eigenvalue weighted by Gasteiger charge is -2.56. The average Bonchev–Trinajstić information content (AvgIpc) is 3.67. The number of primary amides is 1. The molecule has 45 heavy (non-hydrogen) atoms. The van der Waals surface area contributed by atoms with Gasteiger partial charge in [0.1, 0.15) is 21.6 Å². The summed E-state index contributed by atoms with van der Waals surface area (Å²) in [5.41, 5.74) is 3.65. The van der Waals surface area contributed by atoms with Crippen molar-refractivity contribution in [2.45, 2.75) is 70.6 Å². The van der Waals surface area contributed by atoms with Gasteiger partial charge in [-0.2, -0.15) is 23.4 Å². The van der Waals surface area contributed by atoms with Crippen LogP contribution in [-0.4, -0.2) is 41.3 Å². The summed E-state index contributed by atoms with van der Waals surface area (Å²) in [4.78, 5) is 41.2. The Hall–Kier alpha value is -4.34. The molecule has 0 saturated heterocycles. The highest BCUT2D eigenvalue weighted by Crippen LogP contribution is 2.59. The summed E-state index contributed by atoms with van der Waals surface area (Å²) in [7, 11) is 0. The van der Waals surface area contributed by atoms with Crippen LogP contribution in [0.1, 0.15) is 77.0 Å². The number of carbonyl (C=O) groups is 2. The number of anilines is 1. The topological polar surface area (TPSA) is 164 Å². The molecule has 4 aliphatic rings. The van der Waals surface area contributed by atoms with E-state index in [1.54, 1.807) is 22.5 Å². The molecule has 12 nitrogen and oxygen atoms in total. The number of alkyl halides is 3. The molecular weight excluding hydrogens is 613 g/mol. The number of amides is 2. The maximum atomic E-state index is 14.0. The Balaban J connectivity index is 1.36. The maximum absolute atomic E-state index is 14.0. The van der Waals surface area contributed by atoms with Crippen LogP contribution in [0.4, 0.5) is 24.5 Å². The maximum Gasteiger partial charge on any atom is 0.433 e. The first-order valence-electron chi connectivity index (χ1n) is 14.7. The molecule has 16 heteroatoms. The first-order valence-corrected chi connectivity index (χ1v) is 15.5. The Bertz CT molecular complexity index is 1870. The number of thiophene rings is 1. The summed E-state index contributed by atoms with van der Waals surface area (Å²) in [5, 5.41) is 23.6. The first-order chi connectivity index (χ1) is 21.3. The summed E-state index contributed by atoms with van der Waals surface area (Å²) in [6, 6.07) is 0.837. The summed E-state index contributed by atoms with van der Waals surface area (Å²) in [6.45, 7) is 3.88. The Morgan fingerprint density at radius 2 is 1.78 bits per heavy atom. The van der Waals surface area contributed by atoms with Gasteiger partial charge < -0.3 is 11.1 Å². The largest absolute Gasteiger partial charge is 0.433 e. The van der Waals surface area contributed by atoms with Crippen LogP contribution in [0.25, 0.3) is 21.3 Å². The Morgan fingerprint density at radius 3 is 2.31 bits per heavy atom. The van der Waals surface area contributed by atoms with Crippen LogP contribution < -0.4 is 11.1 Å². The number of hydrogen-bond acceptors (Lipinski definition) is 8. The van der Waals surface area contributed by atoms with E-state index in [1.165, 1.54) is 6.20 Å². The molecule has 236 valence electrons. The van der Waals surface area contributed by atoms with E-state index < -0.39 is 45.5 Å². The fraction of sp³-hybridized carbons (Fsp3) is 0.483. The zero-order chi connectivity index (χ0) is 32.0. The van der Waals surface area contributed by atoms with Crippen molar-refractivity contribution >= 4 is 44.7 Å². The lowest BCUT2D eigenvalue weighted by Crippen LogP contribution is -2.52. The van der Waals surface area contributed by atoms with Gasteiger partial charge in [-0.1, -0.05) is 0 Å². The number of rotatable bonds is 7. The molecule has 4 aromatic heterocycles. The van der Waals surface area contributed by atoms with Crippen LogP contribution >= 0.6 is 11.3 Å². The quantitative estimate of drug-likeness (QED) is 0.188. The van der Waals surface area contributed by atoms with Gasteiger partial charge in [-0.05, 0) is 81.8 Å². The van der Waals surface area contributed by atoms with E-state index in [1.807, 2.05) is 6.92 Å². The van der Waals surface area contributed by atoms with Crippen molar-refractivity contribution in [3.8, 4) is 11.1 Å². The smallest absolute Gasteiger partial charge is 0.365 e. The summed E-state index contributed by atoms with van der Waals surface area (Å²) in [6.07, 6.45) is 3.98. The monoisotopic (exact) mass is 642 g/mol. The molecule has 0 atom stereocenters. The average molecular weight is 643 g/mol. The summed E-state index contributed by atoms with van der Waals surface area (Å²) in [5.74, 6) is -0.457. The van der Waals surface area contributed by atoms with Gasteiger partial charge in [0.15, 0.2) is 0 Å². The van der Waals surface area contributed by atoms with Crippen LogP contribution in [0, 0.1) is 34.8 Å². The van der Waals surface area contributed by atoms with E-state index in [9.17, 15) is 32.9 Å². The van der Waals surface area contributed by atoms with Crippen LogP contribution in [0.15, 0.2) is 18.5 Å². The van der Waals surface area contributed by atoms with Crippen molar-refractivity contribution in [1.29, 1.82) is 0 Å². The van der Waals surface area contributed by atoms with E-state index in [0.29, 0.717) is 46.9 Å². The lowest BCUT2D eigenvalue weighted by atomic mass is 9.53. The molecule has 0 aromatic carbocycles. The summed E-state index contributed by atoms with van der Waals surface area (Å²) >= 11 is 0.594. The second-order valence-electron chi connectivity index (χ2n) is 12.5. The van der Waals surface area contributed by atoms with Gasteiger partial charge in [0.2, 0.25) is 5.69 Å². The normalized spacial score (nSPS) is 24.0. The number of pyridine rings is 1. The number of fused-ring (bicyclic) bond motifs is 1. The fourth-order valence-electron chi connectivity index (χ4n) is 8.11. The fourth-order valence-corrected chi connectivity index (χ4v) is 9.12. The molecule has 8 rings (SSSR count). The number of nitrogens with zero attached hydrogens (tertiary/aromatic N) is 6. The van der Waals surface area contributed by atoms with Gasteiger partial charge in [-0.25, -0.2) is 4.98 Å². The first kappa shape index (κ1) is 29.4. The minimum atomic E-state index is -4.82. The van der Waals surface area contributed by atoms with Gasteiger partial charge in [0, 0.05) is 23.7 Å². The minimum Gasteiger partial charge on any atom is -0.365 e. The number of aromatic nitrogens is 5. The highest BCUT2D eigenvalue weighted by molar-refractivity contribution is 7.21. The molecule has 4 heterocycles. The van der Waals surface area contributed by atoms with Gasteiger partial charge in [-0.3, -0.25) is 29.1 Å². The minimum absolute atomic E-state index is 0.0252. The molecule has 4 aromatic rings. The van der Waals surface area contributed by atoms with E-state index >= 15 is 0 Å². The molecule has 3 N–H and O–H groups in total. The Labute approximate surface area is 257 Å². The van der Waals surface area contributed by atoms with Gasteiger partial charge in [0.25, 0.3) is 11.8 Å². The van der Waals surface area contributed by atoms with Crippen LogP contribution in [-0.2, 0) is 18.3 Å². The Kier molecular flexibility index (Phi) is 6.58. The second kappa shape index (κ2) is 10.1. The molecule has 0 aliphatic heterocycles. The number of hydrogen-bond donors (Lipinski definition) is 2. The number of nitro groups is 1. The van der Waals surface area contributed by atoms with Gasteiger partial charge in [-0.15, -0.1) is 11.3 Å². The van der Waals surface area contributed by atoms with Crippen LogP contribution in [0.2, 0.25) is 0 Å². The van der Waals surface area contributed by atoms with E-state index in [-0.39, 0.29) is 26.3 Å². The number of carbonyl (C=O) groups excluding carboxylic acids is 2. The van der Waals surface area contributed by atoms with Crippen molar-refractivity contribution < 1.29 is 27.7 Å². The van der Waals surface area contributed by atoms with E-state index in [0.717, 1.165) is 44.6 Å². The van der Waals surface area contributed by atoms with Crippen molar-refractivity contribution in [1.82, 2.24) is 24.5 Å². The standard InChI is InChI=1S/C29H29F3N8O4S/c1-3-38-11-18(13(2)36-38)17-7-20(29(30,31)32)34-27-21(17)23(24(45-27)25(33)41)35-26(42)22-19(40(43)44)12-39(37-22)28-8-14-4-15(9-28)6-16(5-14)10-28/h7,11-12,14-16H,3-6,8-10H2,1-2H3,(H2,33,41)(H,35,42). The molecule has 4 aliphatic carbocycles. The van der Waals surface area contributed by atoms with Gasteiger partial charge in [0.05, 0.1) is 21.8 Å². The van der Waals surface area contributed by atoms with E-state index in [2.05, 4.69) is 20.5 Å². The van der Waals surface area contributed by atoms with Crippen LogP contribution in [0.5, 0.6) is 0 Å². The number of aryl methyl sites for hydroxylation is 2. The molecule has 4 fully saturated rings. The third-order valence-electron chi connectivity index (χ3n) is 9.57. The molecule has 0 spiro atoms. The zero-order valence-corrected chi connectivity index (χ0v) is 25.2. The second-order valence-corrected chi connectivity index (χ2v) is 13.5. The van der Waals surface area contributed by atoms with Crippen molar-refractivity contribution in [3.05, 3.63) is 50.5 Å². The van der Waals surface area contributed by atoms with Crippen molar-refractivity contribution in [3.63, 3.8) is 0 Å². The molecule has 2 amide bonds. The molecule has 0 unspecified atom stereocenters. The summed E-state index contributed by atoms with van der Waals surface area (Å²) < 4.78 is 45.0. The lowest BCUT2D eigenvalue weighted by molar-refractivity contribution is -0.385. The zero-order valence-electron chi connectivity index (χ0n) is 24.3. The number of nitrogens with one attached hydrogen (secondary N) is 1. The molecule has 4 saturated carbocycles. The third kappa shape index (κ3) is 4.76. The van der Waals surface area contributed by atoms with Crippen LogP contribution in [0.3, 0.4) is 0 Å².